The lowest BCUT2D eigenvalue weighted by Crippen LogP contribution is -2.44. The summed E-state index contributed by atoms with van der Waals surface area (Å²) in [5.74, 6) is 0.713. The molecule has 1 N–H and O–H groups in total. The highest BCUT2D eigenvalue weighted by Crippen LogP contribution is 2.22. The number of nitrogens with zero attached hydrogens (tertiary/aromatic N) is 1. The van der Waals surface area contributed by atoms with Crippen molar-refractivity contribution in [2.24, 2.45) is 0 Å². The van der Waals surface area contributed by atoms with E-state index in [0.717, 1.165) is 26.2 Å². The predicted molar refractivity (Wildman–Crippen MR) is 66.2 cm³/mol. The molecule has 17 heavy (non-hydrogen) atoms. The molecule has 94 valence electrons. The second-order valence-electron chi connectivity index (χ2n) is 4.29. The highest BCUT2D eigenvalue weighted by Gasteiger charge is 2.17. The van der Waals surface area contributed by atoms with Crippen LogP contribution in [0, 0.1) is 0 Å². The van der Waals surface area contributed by atoms with Crippen molar-refractivity contribution >= 4 is 0 Å². The smallest absolute Gasteiger partial charge is 0.138 e. The van der Waals surface area contributed by atoms with Gasteiger partial charge >= 0.3 is 0 Å². The van der Waals surface area contributed by atoms with Gasteiger partial charge in [-0.15, -0.1) is 0 Å². The molecule has 0 spiro atoms. The third-order valence-corrected chi connectivity index (χ3v) is 3.08. The maximum atomic E-state index is 14.1. The van der Waals surface area contributed by atoms with Crippen molar-refractivity contribution in [3.05, 3.63) is 29.8 Å². The van der Waals surface area contributed by atoms with Gasteiger partial charge in [0.05, 0.1) is 7.11 Å². The minimum absolute atomic E-state index is 0.467. The van der Waals surface area contributed by atoms with Crippen LogP contribution in [0.25, 0.3) is 0 Å². The maximum absolute atomic E-state index is 14.1. The van der Waals surface area contributed by atoms with Crippen LogP contribution >= 0.6 is 0 Å². The van der Waals surface area contributed by atoms with E-state index < -0.39 is 6.17 Å². The number of halogens is 1. The highest BCUT2D eigenvalue weighted by molar-refractivity contribution is 5.30. The first-order valence-electron chi connectivity index (χ1n) is 6.00. The second-order valence-corrected chi connectivity index (χ2v) is 4.29. The van der Waals surface area contributed by atoms with Crippen LogP contribution in [0.3, 0.4) is 0 Å². The van der Waals surface area contributed by atoms with Crippen molar-refractivity contribution in [1.29, 1.82) is 0 Å². The Morgan fingerprint density at radius 3 is 2.88 bits per heavy atom. The molecule has 0 bridgehead atoms. The van der Waals surface area contributed by atoms with Gasteiger partial charge in [0.2, 0.25) is 0 Å². The molecule has 1 unspecified atom stereocenters. The number of ether oxygens (including phenoxy) is 1. The van der Waals surface area contributed by atoms with Gasteiger partial charge in [0, 0.05) is 32.7 Å². The Morgan fingerprint density at radius 2 is 2.18 bits per heavy atom. The summed E-state index contributed by atoms with van der Waals surface area (Å²) in [5.41, 5.74) is 0.697. The van der Waals surface area contributed by atoms with Crippen molar-refractivity contribution < 1.29 is 9.13 Å². The Bertz CT molecular complexity index is 353. The number of nitrogens with one attached hydrogen (secondary N) is 1. The third kappa shape index (κ3) is 3.41. The van der Waals surface area contributed by atoms with Crippen molar-refractivity contribution in [1.82, 2.24) is 10.2 Å². The topological polar surface area (TPSA) is 24.5 Å². The highest BCUT2D eigenvalue weighted by atomic mass is 19.1. The van der Waals surface area contributed by atoms with E-state index in [9.17, 15) is 4.39 Å². The summed E-state index contributed by atoms with van der Waals surface area (Å²) >= 11 is 0. The van der Waals surface area contributed by atoms with Crippen LogP contribution < -0.4 is 10.1 Å². The van der Waals surface area contributed by atoms with Crippen molar-refractivity contribution in [3.8, 4) is 5.75 Å². The van der Waals surface area contributed by atoms with Crippen LogP contribution in [-0.2, 0) is 0 Å². The molecule has 1 aromatic rings. The summed E-state index contributed by atoms with van der Waals surface area (Å²) in [7, 11) is 1.60. The number of hydrogen-bond donors (Lipinski definition) is 1. The number of rotatable bonds is 4. The minimum atomic E-state index is -0.941. The average Bonchev–Trinajstić information content (AvgIpc) is 2.40. The molecule has 0 saturated carbocycles. The molecule has 0 aliphatic carbocycles. The molecule has 1 saturated heterocycles. The van der Waals surface area contributed by atoms with Gasteiger partial charge in [-0.2, -0.15) is 0 Å². The van der Waals surface area contributed by atoms with Crippen LogP contribution in [0.2, 0.25) is 0 Å². The molecular formula is C13H19FN2O. The molecule has 1 aliphatic heterocycles. The van der Waals surface area contributed by atoms with Crippen molar-refractivity contribution in [3.63, 3.8) is 0 Å². The van der Waals surface area contributed by atoms with E-state index in [1.807, 2.05) is 18.2 Å². The van der Waals surface area contributed by atoms with Crippen LogP contribution in [0.5, 0.6) is 5.75 Å². The first-order valence-corrected chi connectivity index (χ1v) is 6.00. The number of piperazine rings is 1. The molecule has 1 heterocycles. The van der Waals surface area contributed by atoms with E-state index in [-0.39, 0.29) is 0 Å². The quantitative estimate of drug-likeness (QED) is 0.862. The van der Waals surface area contributed by atoms with Gasteiger partial charge in [-0.25, -0.2) is 4.39 Å². The van der Waals surface area contributed by atoms with Crippen LogP contribution in [0.15, 0.2) is 24.3 Å². The fourth-order valence-corrected chi connectivity index (χ4v) is 2.06. The molecule has 1 aromatic carbocycles. The van der Waals surface area contributed by atoms with E-state index in [1.54, 1.807) is 13.2 Å². The lowest BCUT2D eigenvalue weighted by atomic mass is 10.1. The molecule has 1 atom stereocenters. The fraction of sp³-hybridized carbons (Fsp3) is 0.538. The number of hydrogen-bond acceptors (Lipinski definition) is 3. The van der Waals surface area contributed by atoms with Gasteiger partial charge in [-0.1, -0.05) is 12.1 Å². The molecule has 2 rings (SSSR count). The van der Waals surface area contributed by atoms with E-state index >= 15 is 0 Å². The zero-order chi connectivity index (χ0) is 12.1. The molecular weight excluding hydrogens is 219 g/mol. The number of benzene rings is 1. The Balaban J connectivity index is 1.95. The summed E-state index contributed by atoms with van der Waals surface area (Å²) in [6.07, 6.45) is -0.941. The average molecular weight is 238 g/mol. The van der Waals surface area contributed by atoms with E-state index in [4.69, 9.17) is 4.74 Å². The first-order chi connectivity index (χ1) is 8.29. The zero-order valence-corrected chi connectivity index (χ0v) is 10.2. The van der Waals surface area contributed by atoms with Gasteiger partial charge < -0.3 is 10.1 Å². The largest absolute Gasteiger partial charge is 0.497 e. The molecule has 0 radical (unpaired) electrons. The fourth-order valence-electron chi connectivity index (χ4n) is 2.06. The Labute approximate surface area is 102 Å². The van der Waals surface area contributed by atoms with E-state index in [1.165, 1.54) is 0 Å². The van der Waals surface area contributed by atoms with E-state index in [2.05, 4.69) is 10.2 Å². The summed E-state index contributed by atoms with van der Waals surface area (Å²) in [4.78, 5) is 2.15. The minimum Gasteiger partial charge on any atom is -0.497 e. The maximum Gasteiger partial charge on any atom is 0.138 e. The Morgan fingerprint density at radius 1 is 1.41 bits per heavy atom. The van der Waals surface area contributed by atoms with Crippen molar-refractivity contribution in [2.75, 3.05) is 39.8 Å². The first kappa shape index (κ1) is 12.3. The van der Waals surface area contributed by atoms with Gasteiger partial charge in [0.1, 0.15) is 11.9 Å². The van der Waals surface area contributed by atoms with Gasteiger partial charge in [-0.05, 0) is 17.7 Å². The lowest BCUT2D eigenvalue weighted by Gasteiger charge is -2.28. The summed E-state index contributed by atoms with van der Waals surface area (Å²) in [5, 5.41) is 3.26. The molecule has 4 heteroatoms. The van der Waals surface area contributed by atoms with Crippen LogP contribution in [0.1, 0.15) is 11.7 Å². The van der Waals surface area contributed by atoms with Gasteiger partial charge in [0.25, 0.3) is 0 Å². The monoisotopic (exact) mass is 238 g/mol. The molecule has 1 aliphatic rings. The number of alkyl halides is 1. The Hall–Kier alpha value is -1.13. The van der Waals surface area contributed by atoms with E-state index in [0.29, 0.717) is 17.9 Å². The SMILES string of the molecule is COc1cccc(C(F)CN2CCNCC2)c1. The lowest BCUT2D eigenvalue weighted by molar-refractivity contribution is 0.175. The number of methoxy groups -OCH3 is 1. The molecule has 0 amide bonds. The van der Waals surface area contributed by atoms with Crippen LogP contribution in [0.4, 0.5) is 4.39 Å². The molecule has 0 aromatic heterocycles. The summed E-state index contributed by atoms with van der Waals surface area (Å²) in [6, 6.07) is 7.25. The summed E-state index contributed by atoms with van der Waals surface area (Å²) in [6.45, 7) is 4.21. The van der Waals surface area contributed by atoms with Gasteiger partial charge in [0.15, 0.2) is 0 Å². The Kier molecular flexibility index (Phi) is 4.34. The molecule has 1 fully saturated rings. The van der Waals surface area contributed by atoms with Crippen molar-refractivity contribution in [2.45, 2.75) is 6.17 Å². The second kappa shape index (κ2) is 5.98. The van der Waals surface area contributed by atoms with Gasteiger partial charge in [-0.3, -0.25) is 4.90 Å². The predicted octanol–water partition coefficient (Wildman–Crippen LogP) is 1.61. The standard InChI is InChI=1S/C13H19FN2O/c1-17-12-4-2-3-11(9-12)13(14)10-16-7-5-15-6-8-16/h2-4,9,13,15H,5-8,10H2,1H3. The van der Waals surface area contributed by atoms with Crippen LogP contribution in [-0.4, -0.2) is 44.7 Å². The third-order valence-electron chi connectivity index (χ3n) is 3.08. The zero-order valence-electron chi connectivity index (χ0n) is 10.2. The molecule has 3 nitrogen and oxygen atoms in total. The summed E-state index contributed by atoms with van der Waals surface area (Å²) < 4.78 is 19.2. The normalized spacial score (nSPS) is 18.9.